The van der Waals surface area contributed by atoms with Gasteiger partial charge in [-0.25, -0.2) is 0 Å². The van der Waals surface area contributed by atoms with Gasteiger partial charge < -0.3 is 5.32 Å². The molecule has 18 heavy (non-hydrogen) atoms. The maximum Gasteiger partial charge on any atom is 0.0452 e. The third kappa shape index (κ3) is 3.28. The zero-order valence-electron chi connectivity index (χ0n) is 10.9. The van der Waals surface area contributed by atoms with E-state index in [9.17, 15) is 0 Å². The van der Waals surface area contributed by atoms with Crippen molar-refractivity contribution in [1.82, 2.24) is 5.32 Å². The lowest BCUT2D eigenvalue weighted by molar-refractivity contribution is 0.385. The van der Waals surface area contributed by atoms with Crippen molar-refractivity contribution in [2.24, 2.45) is 5.92 Å². The second kappa shape index (κ2) is 6.93. The molecule has 0 amide bonds. The van der Waals surface area contributed by atoms with Crippen molar-refractivity contribution in [3.8, 4) is 0 Å². The van der Waals surface area contributed by atoms with Crippen LogP contribution in [0, 0.1) is 5.92 Å². The fourth-order valence-electron chi connectivity index (χ4n) is 3.14. The van der Waals surface area contributed by atoms with Crippen LogP contribution >= 0.6 is 27.5 Å². The number of hydrogen-bond acceptors (Lipinski definition) is 1. The summed E-state index contributed by atoms with van der Waals surface area (Å²) in [6.45, 7) is 1.09. The molecule has 0 heterocycles. The first-order chi connectivity index (χ1) is 8.74. The molecular weight excluding hydrogens is 310 g/mol. The average Bonchev–Trinajstić information content (AvgIpc) is 2.56. The maximum atomic E-state index is 6.43. The summed E-state index contributed by atoms with van der Waals surface area (Å²) in [5, 5.41) is 4.26. The molecule has 2 unspecified atom stereocenters. The van der Waals surface area contributed by atoms with Gasteiger partial charge in [0.15, 0.2) is 0 Å². The molecule has 1 saturated carbocycles. The fraction of sp³-hybridized carbons (Fsp3) is 0.600. The average molecular weight is 331 g/mol. The summed E-state index contributed by atoms with van der Waals surface area (Å²) >= 11 is 10.1. The van der Waals surface area contributed by atoms with Crippen LogP contribution in [0.5, 0.6) is 0 Å². The van der Waals surface area contributed by atoms with Crippen LogP contribution < -0.4 is 5.32 Å². The van der Waals surface area contributed by atoms with E-state index in [1.807, 2.05) is 19.2 Å². The highest BCUT2D eigenvalue weighted by molar-refractivity contribution is 9.10. The summed E-state index contributed by atoms with van der Waals surface area (Å²) in [5.41, 5.74) is 1.32. The van der Waals surface area contributed by atoms with Gasteiger partial charge in [-0.3, -0.25) is 0 Å². The van der Waals surface area contributed by atoms with Crippen molar-refractivity contribution in [2.75, 3.05) is 13.6 Å². The Bertz CT molecular complexity index is 374. The zero-order chi connectivity index (χ0) is 13.0. The van der Waals surface area contributed by atoms with E-state index in [0.29, 0.717) is 11.8 Å². The summed E-state index contributed by atoms with van der Waals surface area (Å²) < 4.78 is 1.17. The molecule has 1 fully saturated rings. The van der Waals surface area contributed by atoms with E-state index in [1.54, 1.807) is 0 Å². The first-order valence-electron chi connectivity index (χ1n) is 6.82. The van der Waals surface area contributed by atoms with Crippen LogP contribution in [0.15, 0.2) is 22.7 Å². The Labute approximate surface area is 123 Å². The summed E-state index contributed by atoms with van der Waals surface area (Å²) in [6.07, 6.45) is 6.60. The molecule has 0 radical (unpaired) electrons. The number of benzene rings is 1. The number of hydrogen-bond donors (Lipinski definition) is 1. The molecule has 2 rings (SSSR count). The zero-order valence-corrected chi connectivity index (χ0v) is 13.2. The van der Waals surface area contributed by atoms with E-state index < -0.39 is 0 Å². The largest absolute Gasteiger partial charge is 0.319 e. The van der Waals surface area contributed by atoms with E-state index in [2.05, 4.69) is 27.3 Å². The van der Waals surface area contributed by atoms with Crippen LogP contribution in [0.1, 0.15) is 43.6 Å². The molecule has 0 saturated heterocycles. The molecule has 3 heteroatoms. The topological polar surface area (TPSA) is 12.0 Å². The molecule has 1 aromatic rings. The van der Waals surface area contributed by atoms with Crippen molar-refractivity contribution in [1.29, 1.82) is 0 Å². The van der Waals surface area contributed by atoms with Crippen LogP contribution in [0.4, 0.5) is 0 Å². The van der Waals surface area contributed by atoms with Crippen LogP contribution in [0.2, 0.25) is 5.02 Å². The van der Waals surface area contributed by atoms with Crippen molar-refractivity contribution in [2.45, 2.75) is 38.0 Å². The minimum atomic E-state index is 0.586. The van der Waals surface area contributed by atoms with Crippen LogP contribution in [0.3, 0.4) is 0 Å². The Hall–Kier alpha value is -0.0500. The first kappa shape index (κ1) is 14.4. The molecule has 0 bridgehead atoms. The van der Waals surface area contributed by atoms with Gasteiger partial charge in [0.25, 0.3) is 0 Å². The quantitative estimate of drug-likeness (QED) is 0.770. The van der Waals surface area contributed by atoms with Crippen LogP contribution in [-0.4, -0.2) is 13.6 Å². The van der Waals surface area contributed by atoms with E-state index in [1.165, 1.54) is 42.1 Å². The molecule has 2 atom stereocenters. The van der Waals surface area contributed by atoms with Gasteiger partial charge in [0.2, 0.25) is 0 Å². The van der Waals surface area contributed by atoms with Gasteiger partial charge in [-0.1, -0.05) is 52.9 Å². The summed E-state index contributed by atoms with van der Waals surface area (Å²) in [5.74, 6) is 1.29. The Balaban J connectivity index is 2.31. The molecule has 0 spiro atoms. The monoisotopic (exact) mass is 329 g/mol. The van der Waals surface area contributed by atoms with E-state index in [-0.39, 0.29) is 0 Å². The Morgan fingerprint density at radius 2 is 2.06 bits per heavy atom. The Kier molecular flexibility index (Phi) is 5.53. The van der Waals surface area contributed by atoms with Gasteiger partial charge in [0, 0.05) is 9.50 Å². The van der Waals surface area contributed by atoms with Crippen molar-refractivity contribution < 1.29 is 0 Å². The summed E-state index contributed by atoms with van der Waals surface area (Å²) in [7, 11) is 2.05. The molecule has 100 valence electrons. The molecule has 1 aliphatic carbocycles. The van der Waals surface area contributed by atoms with Crippen molar-refractivity contribution >= 4 is 27.5 Å². The fourth-order valence-corrected chi connectivity index (χ4v) is 4.22. The molecule has 1 N–H and O–H groups in total. The lowest BCUT2D eigenvalue weighted by Crippen LogP contribution is -2.24. The summed E-state index contributed by atoms with van der Waals surface area (Å²) in [4.78, 5) is 0. The SMILES string of the molecule is CNCC1CCCCCC1c1c(Cl)cccc1Br. The highest BCUT2D eigenvalue weighted by atomic mass is 79.9. The van der Waals surface area contributed by atoms with Gasteiger partial charge in [-0.2, -0.15) is 0 Å². The molecule has 1 aromatic carbocycles. The summed E-state index contributed by atoms with van der Waals surface area (Å²) in [6, 6.07) is 6.14. The van der Waals surface area contributed by atoms with Gasteiger partial charge in [-0.15, -0.1) is 0 Å². The second-order valence-electron chi connectivity index (χ2n) is 5.20. The van der Waals surface area contributed by atoms with E-state index >= 15 is 0 Å². The van der Waals surface area contributed by atoms with Gasteiger partial charge >= 0.3 is 0 Å². The van der Waals surface area contributed by atoms with Gasteiger partial charge in [0.1, 0.15) is 0 Å². The van der Waals surface area contributed by atoms with Crippen LogP contribution in [0.25, 0.3) is 0 Å². The smallest absolute Gasteiger partial charge is 0.0452 e. The minimum absolute atomic E-state index is 0.586. The predicted octanol–water partition coefficient (Wildman–Crippen LogP) is 4.99. The number of nitrogens with one attached hydrogen (secondary N) is 1. The highest BCUT2D eigenvalue weighted by Crippen LogP contribution is 2.42. The first-order valence-corrected chi connectivity index (χ1v) is 7.99. The lowest BCUT2D eigenvalue weighted by atomic mass is 9.82. The predicted molar refractivity (Wildman–Crippen MR) is 82.4 cm³/mol. The van der Waals surface area contributed by atoms with E-state index in [0.717, 1.165) is 11.6 Å². The standard InChI is InChI=1S/C15H21BrClN/c1-18-10-11-6-3-2-4-7-12(11)15-13(16)8-5-9-14(15)17/h5,8-9,11-12,18H,2-4,6-7,10H2,1H3. The number of halogens is 2. The molecule has 1 nitrogen and oxygen atoms in total. The third-order valence-corrected chi connectivity index (χ3v) is 5.02. The maximum absolute atomic E-state index is 6.43. The minimum Gasteiger partial charge on any atom is -0.319 e. The second-order valence-corrected chi connectivity index (χ2v) is 6.46. The highest BCUT2D eigenvalue weighted by Gasteiger charge is 2.27. The third-order valence-electron chi connectivity index (χ3n) is 4.00. The van der Waals surface area contributed by atoms with Crippen molar-refractivity contribution in [3.05, 3.63) is 33.3 Å². The lowest BCUT2D eigenvalue weighted by Gasteiger charge is -2.27. The van der Waals surface area contributed by atoms with E-state index in [4.69, 9.17) is 11.6 Å². The molecule has 1 aliphatic rings. The normalized spacial score (nSPS) is 24.8. The van der Waals surface area contributed by atoms with Gasteiger partial charge in [0.05, 0.1) is 0 Å². The number of rotatable bonds is 3. The Morgan fingerprint density at radius 1 is 1.28 bits per heavy atom. The van der Waals surface area contributed by atoms with Crippen LogP contribution in [-0.2, 0) is 0 Å². The molecule has 0 aliphatic heterocycles. The Morgan fingerprint density at radius 3 is 2.78 bits per heavy atom. The van der Waals surface area contributed by atoms with Gasteiger partial charge in [-0.05, 0) is 56.0 Å². The van der Waals surface area contributed by atoms with Crippen molar-refractivity contribution in [3.63, 3.8) is 0 Å². The molecular formula is C15H21BrClN. The molecule has 0 aromatic heterocycles.